The van der Waals surface area contributed by atoms with Gasteiger partial charge in [0, 0.05) is 23.3 Å². The molecular weight excluding hydrogens is 363 g/mol. The van der Waals surface area contributed by atoms with Crippen molar-refractivity contribution < 1.29 is 9.18 Å². The molecule has 1 heterocycles. The van der Waals surface area contributed by atoms with Gasteiger partial charge in [-0.05, 0) is 60.0 Å². The lowest BCUT2D eigenvalue weighted by molar-refractivity contribution is -0.119. The van der Waals surface area contributed by atoms with Gasteiger partial charge in [-0.3, -0.25) is 9.78 Å². The highest BCUT2D eigenvalue weighted by Crippen LogP contribution is 2.25. The Morgan fingerprint density at radius 3 is 2.41 bits per heavy atom. The molecule has 3 rings (SSSR count). The van der Waals surface area contributed by atoms with Gasteiger partial charge in [-0.15, -0.1) is 0 Å². The first kappa shape index (κ1) is 19.1. The summed E-state index contributed by atoms with van der Waals surface area (Å²) in [7, 11) is 0. The van der Waals surface area contributed by atoms with Crippen LogP contribution in [-0.4, -0.2) is 10.9 Å². The number of anilines is 1. The first-order valence-corrected chi connectivity index (χ1v) is 9.12. The number of benzene rings is 2. The first-order chi connectivity index (χ1) is 13.0. The topological polar surface area (TPSA) is 33.2 Å². The van der Waals surface area contributed by atoms with Crippen LogP contribution in [0, 0.1) is 5.82 Å². The van der Waals surface area contributed by atoms with E-state index in [4.69, 9.17) is 11.6 Å². The van der Waals surface area contributed by atoms with Crippen molar-refractivity contribution in [2.45, 2.75) is 25.8 Å². The molecule has 0 fully saturated rings. The van der Waals surface area contributed by atoms with E-state index in [0.29, 0.717) is 18.0 Å². The molecular formula is C22H20ClFN2O. The van der Waals surface area contributed by atoms with Gasteiger partial charge >= 0.3 is 0 Å². The number of amides is 1. The summed E-state index contributed by atoms with van der Waals surface area (Å²) in [5.41, 5.74) is 2.50. The van der Waals surface area contributed by atoms with Crippen LogP contribution in [0.25, 0.3) is 0 Å². The van der Waals surface area contributed by atoms with Crippen molar-refractivity contribution in [3.05, 3.63) is 95.0 Å². The van der Waals surface area contributed by atoms with Crippen LogP contribution in [0.2, 0.25) is 5.02 Å². The van der Waals surface area contributed by atoms with Crippen LogP contribution >= 0.6 is 11.6 Å². The third kappa shape index (κ3) is 5.14. The Bertz CT molecular complexity index is 882. The van der Waals surface area contributed by atoms with Crippen molar-refractivity contribution in [2.75, 3.05) is 4.90 Å². The van der Waals surface area contributed by atoms with Gasteiger partial charge in [0.05, 0.1) is 12.2 Å². The number of halogens is 2. The van der Waals surface area contributed by atoms with Crippen molar-refractivity contribution >= 4 is 23.2 Å². The monoisotopic (exact) mass is 382 g/mol. The van der Waals surface area contributed by atoms with Crippen molar-refractivity contribution in [2.24, 2.45) is 0 Å². The molecule has 0 aliphatic carbocycles. The van der Waals surface area contributed by atoms with Gasteiger partial charge in [0.25, 0.3) is 0 Å². The predicted octanol–water partition coefficient (Wildman–Crippen LogP) is 5.60. The van der Waals surface area contributed by atoms with Crippen LogP contribution < -0.4 is 4.90 Å². The van der Waals surface area contributed by atoms with E-state index in [1.807, 2.05) is 37.3 Å². The third-order valence-electron chi connectivity index (χ3n) is 4.41. The second kappa shape index (κ2) is 8.78. The number of hydrogen-bond acceptors (Lipinski definition) is 2. The molecule has 1 unspecified atom stereocenters. The van der Waals surface area contributed by atoms with E-state index in [9.17, 15) is 9.18 Å². The Morgan fingerprint density at radius 1 is 1.07 bits per heavy atom. The van der Waals surface area contributed by atoms with E-state index in [1.165, 1.54) is 12.1 Å². The Hall–Kier alpha value is -2.72. The van der Waals surface area contributed by atoms with Crippen LogP contribution in [0.15, 0.2) is 72.9 Å². The molecule has 1 atom stereocenters. The Kier molecular flexibility index (Phi) is 6.20. The molecule has 0 spiro atoms. The quantitative estimate of drug-likeness (QED) is 0.555. The summed E-state index contributed by atoms with van der Waals surface area (Å²) in [4.78, 5) is 19.1. The minimum Gasteiger partial charge on any atom is -0.306 e. The molecule has 3 nitrogen and oxygen atoms in total. The van der Waals surface area contributed by atoms with Gasteiger partial charge in [0.2, 0.25) is 5.91 Å². The lowest BCUT2D eigenvalue weighted by atomic mass is 9.97. The van der Waals surface area contributed by atoms with Gasteiger partial charge < -0.3 is 4.90 Å². The highest BCUT2D eigenvalue weighted by molar-refractivity contribution is 6.30. The van der Waals surface area contributed by atoms with Crippen LogP contribution in [0.3, 0.4) is 0 Å². The Morgan fingerprint density at radius 2 is 1.78 bits per heavy atom. The zero-order chi connectivity index (χ0) is 19.2. The maximum atomic E-state index is 13.1. The lowest BCUT2D eigenvalue weighted by Gasteiger charge is -2.24. The smallest absolute Gasteiger partial charge is 0.227 e. The zero-order valence-electron chi connectivity index (χ0n) is 15.0. The summed E-state index contributed by atoms with van der Waals surface area (Å²) in [5, 5.41) is 0.615. The predicted molar refractivity (Wildman–Crippen MR) is 106 cm³/mol. The number of rotatable bonds is 6. The van der Waals surface area contributed by atoms with Crippen molar-refractivity contribution in [3.63, 3.8) is 0 Å². The largest absolute Gasteiger partial charge is 0.306 e. The minimum atomic E-state index is -0.282. The molecule has 0 aliphatic heterocycles. The van der Waals surface area contributed by atoms with Gasteiger partial charge in [-0.25, -0.2) is 4.39 Å². The van der Waals surface area contributed by atoms with Crippen molar-refractivity contribution in [3.8, 4) is 0 Å². The SMILES string of the molecule is CC(CC(=O)N(Cc1ccccn1)c1ccc(Cl)cc1)c1ccc(F)cc1. The van der Waals surface area contributed by atoms with Gasteiger partial charge in [0.1, 0.15) is 5.82 Å². The van der Waals surface area contributed by atoms with E-state index in [-0.39, 0.29) is 17.6 Å². The molecule has 0 radical (unpaired) electrons. The van der Waals surface area contributed by atoms with E-state index in [0.717, 1.165) is 16.9 Å². The van der Waals surface area contributed by atoms with Gasteiger partial charge in [-0.2, -0.15) is 0 Å². The molecule has 0 N–H and O–H groups in total. The van der Waals surface area contributed by atoms with Gasteiger partial charge in [0.15, 0.2) is 0 Å². The van der Waals surface area contributed by atoms with E-state index >= 15 is 0 Å². The molecule has 5 heteroatoms. The summed E-state index contributed by atoms with van der Waals surface area (Å²) in [5.74, 6) is -0.341. The van der Waals surface area contributed by atoms with E-state index in [1.54, 1.807) is 35.4 Å². The highest BCUT2D eigenvalue weighted by Gasteiger charge is 2.20. The number of pyridine rings is 1. The molecule has 0 aliphatic rings. The van der Waals surface area contributed by atoms with Crippen LogP contribution in [0.5, 0.6) is 0 Å². The summed E-state index contributed by atoms with van der Waals surface area (Å²) < 4.78 is 13.1. The summed E-state index contributed by atoms with van der Waals surface area (Å²) >= 11 is 5.99. The summed E-state index contributed by atoms with van der Waals surface area (Å²) in [6, 6.07) is 19.1. The number of aromatic nitrogens is 1. The van der Waals surface area contributed by atoms with E-state index < -0.39 is 0 Å². The summed E-state index contributed by atoms with van der Waals surface area (Å²) in [6.07, 6.45) is 2.02. The second-order valence-corrected chi connectivity index (χ2v) is 6.87. The number of carbonyl (C=O) groups is 1. The lowest BCUT2D eigenvalue weighted by Crippen LogP contribution is -2.31. The molecule has 138 valence electrons. The Labute approximate surface area is 163 Å². The molecule has 0 saturated heterocycles. The average molecular weight is 383 g/mol. The maximum Gasteiger partial charge on any atom is 0.227 e. The van der Waals surface area contributed by atoms with Crippen molar-refractivity contribution in [1.82, 2.24) is 4.98 Å². The molecule has 27 heavy (non-hydrogen) atoms. The third-order valence-corrected chi connectivity index (χ3v) is 4.66. The standard InChI is InChI=1S/C22H20ClFN2O/c1-16(17-5-9-19(24)10-6-17)14-22(27)26(15-20-4-2-3-13-25-20)21-11-7-18(23)8-12-21/h2-13,16H,14-15H2,1H3. The molecule has 1 amide bonds. The molecule has 3 aromatic rings. The second-order valence-electron chi connectivity index (χ2n) is 6.43. The molecule has 0 saturated carbocycles. The zero-order valence-corrected chi connectivity index (χ0v) is 15.7. The highest BCUT2D eigenvalue weighted by atomic mass is 35.5. The fourth-order valence-electron chi connectivity index (χ4n) is 2.88. The maximum absolute atomic E-state index is 13.1. The number of carbonyl (C=O) groups excluding carboxylic acids is 1. The number of hydrogen-bond donors (Lipinski definition) is 0. The van der Waals surface area contributed by atoms with Crippen molar-refractivity contribution in [1.29, 1.82) is 0 Å². The van der Waals surface area contributed by atoms with Crippen LogP contribution in [-0.2, 0) is 11.3 Å². The molecule has 2 aromatic carbocycles. The van der Waals surface area contributed by atoms with Gasteiger partial charge in [-0.1, -0.05) is 36.7 Å². The minimum absolute atomic E-state index is 0.0280. The van der Waals surface area contributed by atoms with Crippen LogP contribution in [0.4, 0.5) is 10.1 Å². The average Bonchev–Trinajstić information content (AvgIpc) is 2.68. The number of nitrogens with zero attached hydrogens (tertiary/aromatic N) is 2. The normalized spacial score (nSPS) is 11.8. The van der Waals surface area contributed by atoms with Crippen LogP contribution in [0.1, 0.15) is 30.5 Å². The fraction of sp³-hybridized carbons (Fsp3) is 0.182. The summed E-state index contributed by atoms with van der Waals surface area (Å²) in [6.45, 7) is 2.34. The molecule has 0 bridgehead atoms. The molecule has 1 aromatic heterocycles. The van der Waals surface area contributed by atoms with E-state index in [2.05, 4.69) is 4.98 Å². The Balaban J connectivity index is 1.81. The fourth-order valence-corrected chi connectivity index (χ4v) is 3.01. The first-order valence-electron chi connectivity index (χ1n) is 8.74.